The average Bonchev–Trinajstić information content (AvgIpc) is 2.30. The van der Waals surface area contributed by atoms with E-state index in [0.717, 1.165) is 0 Å². The summed E-state index contributed by atoms with van der Waals surface area (Å²) in [5.41, 5.74) is 6.31. The van der Waals surface area contributed by atoms with Gasteiger partial charge >= 0.3 is 0 Å². The molecule has 112 valence electrons. The van der Waals surface area contributed by atoms with Crippen molar-refractivity contribution in [2.75, 3.05) is 10.5 Å². The third kappa shape index (κ3) is 3.92. The van der Waals surface area contributed by atoms with E-state index in [4.69, 9.17) is 17.3 Å². The van der Waals surface area contributed by atoms with Gasteiger partial charge in [-0.25, -0.2) is 8.42 Å². The van der Waals surface area contributed by atoms with Crippen molar-refractivity contribution in [1.82, 2.24) is 0 Å². The van der Waals surface area contributed by atoms with Crippen molar-refractivity contribution in [3.63, 3.8) is 0 Å². The van der Waals surface area contributed by atoms with Crippen LogP contribution in [0.2, 0.25) is 5.02 Å². The van der Waals surface area contributed by atoms with Crippen molar-refractivity contribution < 1.29 is 8.42 Å². The highest BCUT2D eigenvalue weighted by molar-refractivity contribution is 9.11. The largest absolute Gasteiger partial charge is 0.398 e. The number of hydrogen-bond donors (Lipinski definition) is 2. The molecule has 0 bridgehead atoms. The molecule has 0 saturated carbocycles. The first kappa shape index (κ1) is 17.1. The van der Waals surface area contributed by atoms with Crippen LogP contribution in [0.5, 0.6) is 0 Å². The molecule has 0 unspecified atom stereocenters. The summed E-state index contributed by atoms with van der Waals surface area (Å²) in [4.78, 5) is -0.0208. The maximum atomic E-state index is 12.5. The third-order valence-electron chi connectivity index (χ3n) is 2.48. The second-order valence-corrected chi connectivity index (χ2v) is 8.72. The Hall–Kier alpha value is -0.280. The van der Waals surface area contributed by atoms with Crippen molar-refractivity contribution in [1.29, 1.82) is 0 Å². The van der Waals surface area contributed by atoms with E-state index >= 15 is 0 Å². The van der Waals surface area contributed by atoms with Gasteiger partial charge in [0.2, 0.25) is 0 Å². The third-order valence-corrected chi connectivity index (χ3v) is 6.20. The molecule has 0 spiro atoms. The fourth-order valence-corrected chi connectivity index (χ4v) is 5.70. The molecule has 4 nitrogen and oxygen atoms in total. The fraction of sp³-hybridized carbons (Fsp3) is 0. The van der Waals surface area contributed by atoms with Gasteiger partial charge in [-0.15, -0.1) is 0 Å². The van der Waals surface area contributed by atoms with E-state index in [0.29, 0.717) is 24.1 Å². The van der Waals surface area contributed by atoms with E-state index < -0.39 is 10.0 Å². The molecule has 2 aromatic rings. The Morgan fingerprint density at radius 1 is 1.05 bits per heavy atom. The Balaban J connectivity index is 2.48. The Bertz CT molecular complexity index is 789. The summed E-state index contributed by atoms with van der Waals surface area (Å²) >= 11 is 15.6. The molecule has 2 aromatic carbocycles. The molecular formula is C12H8Br3ClN2O2S. The highest BCUT2D eigenvalue weighted by Crippen LogP contribution is 2.34. The van der Waals surface area contributed by atoms with E-state index in [1.807, 2.05) is 0 Å². The van der Waals surface area contributed by atoms with Gasteiger partial charge in [0.05, 0.1) is 11.4 Å². The van der Waals surface area contributed by atoms with Gasteiger partial charge in [-0.3, -0.25) is 4.72 Å². The number of nitrogens with one attached hydrogen (secondary N) is 1. The molecule has 0 aliphatic heterocycles. The highest BCUT2D eigenvalue weighted by Gasteiger charge is 2.22. The monoisotopic (exact) mass is 516 g/mol. The predicted octanol–water partition coefficient (Wildman–Crippen LogP) is 5.01. The van der Waals surface area contributed by atoms with Crippen LogP contribution in [-0.2, 0) is 10.0 Å². The lowest BCUT2D eigenvalue weighted by atomic mass is 10.3. The number of rotatable bonds is 3. The molecule has 2 rings (SSSR count). The number of halogens is 4. The van der Waals surface area contributed by atoms with Crippen LogP contribution in [0.25, 0.3) is 0 Å². The summed E-state index contributed by atoms with van der Waals surface area (Å²) < 4.78 is 29.1. The number of nitrogen functional groups attached to an aromatic ring is 1. The van der Waals surface area contributed by atoms with Gasteiger partial charge in [-0.05, 0) is 62.2 Å². The molecular weight excluding hydrogens is 511 g/mol. The minimum Gasteiger partial charge on any atom is -0.398 e. The second-order valence-electron chi connectivity index (χ2n) is 4.04. The van der Waals surface area contributed by atoms with Gasteiger partial charge < -0.3 is 5.73 Å². The molecule has 0 aromatic heterocycles. The Morgan fingerprint density at radius 3 is 2.29 bits per heavy atom. The van der Waals surface area contributed by atoms with Crippen LogP contribution in [0.1, 0.15) is 0 Å². The summed E-state index contributed by atoms with van der Waals surface area (Å²) in [6.45, 7) is 0. The van der Waals surface area contributed by atoms with Gasteiger partial charge in [0.25, 0.3) is 10.0 Å². The van der Waals surface area contributed by atoms with Crippen LogP contribution in [0.4, 0.5) is 11.4 Å². The summed E-state index contributed by atoms with van der Waals surface area (Å²) in [7, 11) is -3.84. The summed E-state index contributed by atoms with van der Waals surface area (Å²) in [5.74, 6) is 0. The summed E-state index contributed by atoms with van der Waals surface area (Å²) in [6, 6.07) is 7.88. The van der Waals surface area contributed by atoms with E-state index in [1.54, 1.807) is 24.3 Å². The van der Waals surface area contributed by atoms with Crippen molar-refractivity contribution >= 4 is 80.8 Å². The molecule has 0 fully saturated rings. The Morgan fingerprint density at radius 2 is 1.71 bits per heavy atom. The minimum absolute atomic E-state index is 0.0208. The van der Waals surface area contributed by atoms with Crippen molar-refractivity contribution in [3.05, 3.63) is 48.8 Å². The van der Waals surface area contributed by atoms with E-state index in [9.17, 15) is 8.42 Å². The maximum absolute atomic E-state index is 12.5. The van der Waals surface area contributed by atoms with Crippen molar-refractivity contribution in [3.8, 4) is 0 Å². The number of nitrogens with two attached hydrogens (primary N) is 1. The lowest BCUT2D eigenvalue weighted by Gasteiger charge is -2.13. The van der Waals surface area contributed by atoms with Gasteiger partial charge in [-0.1, -0.05) is 27.5 Å². The quantitative estimate of drug-likeness (QED) is 0.561. The lowest BCUT2D eigenvalue weighted by Crippen LogP contribution is -2.16. The molecule has 3 N–H and O–H groups in total. The SMILES string of the molecule is Nc1cc(Br)cc(Br)c1S(=O)(=O)Nc1ccc(Cl)cc1Br. The van der Waals surface area contributed by atoms with Gasteiger partial charge in [0.15, 0.2) is 0 Å². The number of anilines is 2. The molecule has 0 aliphatic carbocycles. The van der Waals surface area contributed by atoms with E-state index in [-0.39, 0.29) is 10.6 Å². The first-order valence-corrected chi connectivity index (χ1v) is 9.67. The molecule has 0 radical (unpaired) electrons. The average molecular weight is 519 g/mol. The molecule has 9 heteroatoms. The number of sulfonamides is 1. The summed E-state index contributed by atoms with van der Waals surface area (Å²) in [6.07, 6.45) is 0. The van der Waals surface area contributed by atoms with Crippen molar-refractivity contribution in [2.45, 2.75) is 4.90 Å². The van der Waals surface area contributed by atoms with Crippen LogP contribution in [0.3, 0.4) is 0 Å². The minimum atomic E-state index is -3.84. The Kier molecular flexibility index (Phi) is 5.25. The molecule has 0 amide bonds. The number of hydrogen-bond acceptors (Lipinski definition) is 3. The fourth-order valence-electron chi connectivity index (χ4n) is 1.63. The van der Waals surface area contributed by atoms with Crippen LogP contribution in [0.15, 0.2) is 48.6 Å². The normalized spacial score (nSPS) is 11.4. The highest BCUT2D eigenvalue weighted by atomic mass is 79.9. The topological polar surface area (TPSA) is 72.2 Å². The zero-order chi connectivity index (χ0) is 15.8. The maximum Gasteiger partial charge on any atom is 0.265 e. The zero-order valence-corrected chi connectivity index (χ0v) is 16.5. The van der Waals surface area contributed by atoms with Crippen LogP contribution in [0, 0.1) is 0 Å². The zero-order valence-electron chi connectivity index (χ0n) is 10.2. The Labute approximate surface area is 152 Å². The predicted molar refractivity (Wildman–Crippen MR) is 96.2 cm³/mol. The smallest absolute Gasteiger partial charge is 0.265 e. The van der Waals surface area contributed by atoms with E-state index in [2.05, 4.69) is 52.5 Å². The first-order chi connectivity index (χ1) is 9.70. The molecule has 0 heterocycles. The molecule has 0 atom stereocenters. The van der Waals surface area contributed by atoms with Gasteiger partial charge in [0.1, 0.15) is 4.90 Å². The number of benzene rings is 2. The van der Waals surface area contributed by atoms with Gasteiger partial charge in [0, 0.05) is 18.4 Å². The first-order valence-electron chi connectivity index (χ1n) is 5.43. The molecule has 0 aliphatic rings. The summed E-state index contributed by atoms with van der Waals surface area (Å²) in [5, 5.41) is 0.495. The molecule has 21 heavy (non-hydrogen) atoms. The van der Waals surface area contributed by atoms with Crippen molar-refractivity contribution in [2.24, 2.45) is 0 Å². The van der Waals surface area contributed by atoms with Gasteiger partial charge in [-0.2, -0.15) is 0 Å². The standard InChI is InChI=1S/C12H8Br3ClN2O2S/c13-6-3-9(15)12(10(17)4-6)21(19,20)18-11-2-1-7(16)5-8(11)14/h1-5,18H,17H2. The van der Waals surface area contributed by atoms with Crippen LogP contribution >= 0.6 is 59.4 Å². The van der Waals surface area contributed by atoms with E-state index in [1.165, 1.54) is 6.07 Å². The second kappa shape index (κ2) is 6.45. The molecule has 0 saturated heterocycles. The van der Waals surface area contributed by atoms with Crippen LogP contribution < -0.4 is 10.5 Å². The lowest BCUT2D eigenvalue weighted by molar-refractivity contribution is 0.601. The van der Waals surface area contributed by atoms with Crippen LogP contribution in [-0.4, -0.2) is 8.42 Å².